The highest BCUT2D eigenvalue weighted by molar-refractivity contribution is 7.14. The fourth-order valence-corrected chi connectivity index (χ4v) is 2.32. The second kappa shape index (κ2) is 4.85. The molecule has 2 rings (SSSR count). The Balaban J connectivity index is 2.34. The van der Waals surface area contributed by atoms with Gasteiger partial charge in [-0.25, -0.2) is 0 Å². The molecule has 1 aromatic carbocycles. The van der Waals surface area contributed by atoms with Crippen molar-refractivity contribution in [3.63, 3.8) is 0 Å². The molecule has 0 fully saturated rings. The van der Waals surface area contributed by atoms with E-state index in [1.54, 1.807) is 0 Å². The molecule has 0 aliphatic heterocycles. The summed E-state index contributed by atoms with van der Waals surface area (Å²) in [5.74, 6) is -1.01. The second-order valence-corrected chi connectivity index (χ2v) is 4.49. The lowest BCUT2D eigenvalue weighted by atomic mass is 10.1. The van der Waals surface area contributed by atoms with Gasteiger partial charge in [-0.15, -0.1) is 10.2 Å². The average Bonchev–Trinajstić information content (AvgIpc) is 2.80. The molecule has 0 amide bonds. The first-order valence-electron chi connectivity index (χ1n) is 5.01. The third kappa shape index (κ3) is 2.37. The van der Waals surface area contributed by atoms with Crippen molar-refractivity contribution in [2.45, 2.75) is 12.8 Å². The zero-order valence-electron chi connectivity index (χ0n) is 9.12. The van der Waals surface area contributed by atoms with E-state index in [2.05, 4.69) is 10.2 Å². The van der Waals surface area contributed by atoms with Crippen LogP contribution in [0.3, 0.4) is 0 Å². The van der Waals surface area contributed by atoms with Crippen molar-refractivity contribution < 1.29 is 4.79 Å². The number of Topliss-reactive ketones (excluding diaryl/α,β-unsaturated/α-hetero) is 1. The molecule has 17 heavy (non-hydrogen) atoms. The average molecular weight is 243 g/mol. The van der Waals surface area contributed by atoms with Gasteiger partial charge in [0.2, 0.25) is 0 Å². The summed E-state index contributed by atoms with van der Waals surface area (Å²) in [4.78, 5) is 11.2. The van der Waals surface area contributed by atoms with Crippen LogP contribution in [0.15, 0.2) is 30.3 Å². The standard InChI is InChI=1S/C12H9N3OS/c1-8(16)10(7-13)12-15-14-11(17-12)9-5-3-2-4-6-9/h2-6,10H,1H3/t10-/m0/s1. The van der Waals surface area contributed by atoms with Gasteiger partial charge in [-0.1, -0.05) is 41.7 Å². The monoisotopic (exact) mass is 243 g/mol. The minimum Gasteiger partial charge on any atom is -0.298 e. The van der Waals surface area contributed by atoms with Crippen LogP contribution in [0, 0.1) is 11.3 Å². The Labute approximate surface area is 103 Å². The number of hydrogen-bond donors (Lipinski definition) is 0. The second-order valence-electron chi connectivity index (χ2n) is 3.48. The van der Waals surface area contributed by atoms with Crippen molar-refractivity contribution >= 4 is 17.1 Å². The van der Waals surface area contributed by atoms with Gasteiger partial charge in [0.25, 0.3) is 0 Å². The van der Waals surface area contributed by atoms with Crippen molar-refractivity contribution in [3.05, 3.63) is 35.3 Å². The molecule has 84 valence electrons. The Bertz CT molecular complexity index is 571. The van der Waals surface area contributed by atoms with Crippen LogP contribution in [0.1, 0.15) is 17.8 Å². The summed E-state index contributed by atoms with van der Waals surface area (Å²) in [5, 5.41) is 18.0. The van der Waals surface area contributed by atoms with E-state index >= 15 is 0 Å². The van der Waals surface area contributed by atoms with Gasteiger partial charge in [-0.05, 0) is 6.92 Å². The fraction of sp³-hybridized carbons (Fsp3) is 0.167. The van der Waals surface area contributed by atoms with Gasteiger partial charge in [-0.3, -0.25) is 4.79 Å². The highest BCUT2D eigenvalue weighted by Crippen LogP contribution is 2.27. The third-order valence-electron chi connectivity index (χ3n) is 2.24. The fourth-order valence-electron chi connectivity index (χ4n) is 1.37. The maximum atomic E-state index is 11.2. The number of hydrogen-bond acceptors (Lipinski definition) is 5. The Morgan fingerprint density at radius 2 is 2.06 bits per heavy atom. The van der Waals surface area contributed by atoms with E-state index in [1.165, 1.54) is 18.3 Å². The third-order valence-corrected chi connectivity index (χ3v) is 3.28. The van der Waals surface area contributed by atoms with E-state index in [0.717, 1.165) is 10.6 Å². The number of benzene rings is 1. The van der Waals surface area contributed by atoms with Crippen LogP contribution in [0.5, 0.6) is 0 Å². The molecule has 0 spiro atoms. The molecule has 0 saturated carbocycles. The van der Waals surface area contributed by atoms with E-state index in [1.807, 2.05) is 36.4 Å². The van der Waals surface area contributed by atoms with Crippen molar-refractivity contribution in [1.29, 1.82) is 5.26 Å². The molecule has 1 heterocycles. The Hall–Kier alpha value is -2.06. The summed E-state index contributed by atoms with van der Waals surface area (Å²) in [6, 6.07) is 11.5. The van der Waals surface area contributed by atoms with Gasteiger partial charge >= 0.3 is 0 Å². The van der Waals surface area contributed by atoms with E-state index in [9.17, 15) is 4.79 Å². The Morgan fingerprint density at radius 3 is 2.65 bits per heavy atom. The molecule has 0 aliphatic carbocycles. The van der Waals surface area contributed by atoms with Crippen LogP contribution in [0.4, 0.5) is 0 Å². The predicted molar refractivity (Wildman–Crippen MR) is 64.4 cm³/mol. The lowest BCUT2D eigenvalue weighted by Crippen LogP contribution is -2.05. The maximum Gasteiger partial charge on any atom is 0.158 e. The summed E-state index contributed by atoms with van der Waals surface area (Å²) in [6.45, 7) is 1.39. The molecule has 0 N–H and O–H groups in total. The number of nitriles is 1. The zero-order valence-corrected chi connectivity index (χ0v) is 9.94. The first kappa shape index (κ1) is 11.4. The normalized spacial score (nSPS) is 11.8. The van der Waals surface area contributed by atoms with Gasteiger partial charge in [0.1, 0.15) is 10.0 Å². The minimum atomic E-state index is -0.801. The molecule has 0 unspecified atom stereocenters. The zero-order chi connectivity index (χ0) is 12.3. The minimum absolute atomic E-state index is 0.205. The number of carbonyl (C=O) groups is 1. The van der Waals surface area contributed by atoms with E-state index < -0.39 is 5.92 Å². The van der Waals surface area contributed by atoms with Crippen molar-refractivity contribution in [1.82, 2.24) is 10.2 Å². The molecule has 0 bridgehead atoms. The molecular weight excluding hydrogens is 234 g/mol. The number of rotatable bonds is 3. The molecule has 0 aliphatic rings. The highest BCUT2D eigenvalue weighted by atomic mass is 32.1. The van der Waals surface area contributed by atoms with Gasteiger partial charge < -0.3 is 0 Å². The summed E-state index contributed by atoms with van der Waals surface area (Å²) >= 11 is 1.28. The molecule has 4 nitrogen and oxygen atoms in total. The van der Waals surface area contributed by atoms with Crippen LogP contribution >= 0.6 is 11.3 Å². The molecule has 1 aromatic heterocycles. The Kier molecular flexibility index (Phi) is 3.26. The topological polar surface area (TPSA) is 66.6 Å². The lowest BCUT2D eigenvalue weighted by Gasteiger charge is -1.96. The van der Waals surface area contributed by atoms with Crippen LogP contribution in [-0.2, 0) is 4.79 Å². The van der Waals surface area contributed by atoms with Gasteiger partial charge in [0.05, 0.1) is 6.07 Å². The van der Waals surface area contributed by atoms with Crippen LogP contribution < -0.4 is 0 Å². The van der Waals surface area contributed by atoms with Crippen molar-refractivity contribution in [2.75, 3.05) is 0 Å². The van der Waals surface area contributed by atoms with E-state index in [0.29, 0.717) is 5.01 Å². The SMILES string of the molecule is CC(=O)[C@H](C#N)c1nnc(-c2ccccc2)s1. The number of nitrogens with zero attached hydrogens (tertiary/aromatic N) is 3. The molecule has 1 atom stereocenters. The van der Waals surface area contributed by atoms with E-state index in [-0.39, 0.29) is 5.78 Å². The summed E-state index contributed by atoms with van der Waals surface area (Å²) in [7, 11) is 0. The number of aromatic nitrogens is 2. The van der Waals surface area contributed by atoms with Crippen LogP contribution in [0.2, 0.25) is 0 Å². The smallest absolute Gasteiger partial charge is 0.158 e. The maximum absolute atomic E-state index is 11.2. The highest BCUT2D eigenvalue weighted by Gasteiger charge is 2.21. The predicted octanol–water partition coefficient (Wildman–Crippen LogP) is 2.40. The molecule has 0 saturated heterocycles. The van der Waals surface area contributed by atoms with Crippen LogP contribution in [-0.4, -0.2) is 16.0 Å². The summed E-state index contributed by atoms with van der Waals surface area (Å²) in [5.41, 5.74) is 0.941. The Morgan fingerprint density at radius 1 is 1.35 bits per heavy atom. The summed E-state index contributed by atoms with van der Waals surface area (Å²) in [6.07, 6.45) is 0. The molecule has 0 radical (unpaired) electrons. The summed E-state index contributed by atoms with van der Waals surface area (Å²) < 4.78 is 0. The van der Waals surface area contributed by atoms with Crippen LogP contribution in [0.25, 0.3) is 10.6 Å². The first-order valence-corrected chi connectivity index (χ1v) is 5.83. The quantitative estimate of drug-likeness (QED) is 0.830. The van der Waals surface area contributed by atoms with Gasteiger partial charge in [0.15, 0.2) is 11.7 Å². The van der Waals surface area contributed by atoms with Gasteiger partial charge in [0, 0.05) is 5.56 Å². The molecular formula is C12H9N3OS. The molecule has 5 heteroatoms. The first-order chi connectivity index (χ1) is 8.22. The van der Waals surface area contributed by atoms with Crippen molar-refractivity contribution in [2.24, 2.45) is 0 Å². The largest absolute Gasteiger partial charge is 0.298 e. The molecule has 2 aromatic rings. The number of ketones is 1. The van der Waals surface area contributed by atoms with E-state index in [4.69, 9.17) is 5.26 Å². The lowest BCUT2D eigenvalue weighted by molar-refractivity contribution is -0.117. The number of carbonyl (C=O) groups excluding carboxylic acids is 1. The van der Waals surface area contributed by atoms with Crippen molar-refractivity contribution in [3.8, 4) is 16.6 Å². The van der Waals surface area contributed by atoms with Gasteiger partial charge in [-0.2, -0.15) is 5.26 Å².